The number of aromatic amines is 1. The van der Waals surface area contributed by atoms with Crippen LogP contribution in [-0.2, 0) is 17.8 Å². The van der Waals surface area contributed by atoms with Gasteiger partial charge in [0.15, 0.2) is 11.5 Å². The van der Waals surface area contributed by atoms with Crippen molar-refractivity contribution in [3.63, 3.8) is 0 Å². The molecule has 0 radical (unpaired) electrons. The number of halogens is 5. The van der Waals surface area contributed by atoms with Gasteiger partial charge in [-0.05, 0) is 40.8 Å². The Morgan fingerprint density at radius 1 is 1.10 bits per heavy atom. The Kier molecular flexibility index (Phi) is 8.01. The summed E-state index contributed by atoms with van der Waals surface area (Å²) in [5, 5.41) is 14.4. The summed E-state index contributed by atoms with van der Waals surface area (Å²) in [5.74, 6) is -1.08. The van der Waals surface area contributed by atoms with Gasteiger partial charge >= 0.3 is 17.8 Å². The second-order valence-corrected chi connectivity index (χ2v) is 9.28. The van der Waals surface area contributed by atoms with Crippen LogP contribution < -0.4 is 20.9 Å². The molecule has 1 aliphatic rings. The van der Waals surface area contributed by atoms with Crippen molar-refractivity contribution < 1.29 is 41.3 Å². The molecule has 4 aromatic rings. The van der Waals surface area contributed by atoms with Gasteiger partial charge in [-0.3, -0.25) is 4.57 Å². The SMILES string of the molecule is NCC(Cc1n[nH]c(=O)n1Cc1cc2ccc(-c3ccc4c(c3)OCO4)cc2s1)=C(F)F.O=C(O)C(F)(F)F. The largest absolute Gasteiger partial charge is 0.490 e. The first-order valence-electron chi connectivity index (χ1n) is 11.1. The lowest BCUT2D eigenvalue weighted by Gasteiger charge is -2.05. The van der Waals surface area contributed by atoms with Crippen molar-refractivity contribution in [1.29, 1.82) is 0 Å². The van der Waals surface area contributed by atoms with Crippen LogP contribution in [0.2, 0.25) is 0 Å². The number of nitrogens with two attached hydrogens (primary N) is 1. The standard InChI is InChI=1S/C22H18F2N4O3S.C2HF3O2/c23-21(24)15(9-25)8-20-26-27-22(29)28(20)10-16-5-14-2-1-13(7-19(14)32-16)12-3-4-17-18(6-12)31-11-30-17;3-2(4,5)1(6)7/h1-7H,8-11,25H2,(H,27,29);(H,6,7). The summed E-state index contributed by atoms with van der Waals surface area (Å²) in [4.78, 5) is 22.0. The number of hydrogen-bond acceptors (Lipinski definition) is 7. The summed E-state index contributed by atoms with van der Waals surface area (Å²) in [6.07, 6.45) is -7.11. The Balaban J connectivity index is 0.000000448. The van der Waals surface area contributed by atoms with Crippen molar-refractivity contribution in [2.45, 2.75) is 19.1 Å². The summed E-state index contributed by atoms with van der Waals surface area (Å²) in [7, 11) is 0. The quantitative estimate of drug-likeness (QED) is 0.291. The lowest BCUT2D eigenvalue weighted by molar-refractivity contribution is -0.192. The zero-order chi connectivity index (χ0) is 28.3. The van der Waals surface area contributed by atoms with E-state index in [0.29, 0.717) is 0 Å². The Hall–Kier alpha value is -4.24. The molecule has 3 heterocycles. The second-order valence-electron chi connectivity index (χ2n) is 8.11. The first-order valence-corrected chi connectivity index (χ1v) is 11.9. The minimum Gasteiger partial charge on any atom is -0.475 e. The molecule has 0 atom stereocenters. The van der Waals surface area contributed by atoms with Crippen LogP contribution in [-0.4, -0.2) is 45.4 Å². The van der Waals surface area contributed by atoms with E-state index in [1.165, 1.54) is 15.9 Å². The van der Waals surface area contributed by atoms with Crippen LogP contribution in [0.1, 0.15) is 10.7 Å². The van der Waals surface area contributed by atoms with E-state index in [1.807, 2.05) is 36.4 Å². The second kappa shape index (κ2) is 11.2. The normalized spacial score (nSPS) is 12.3. The number of hydrogen-bond donors (Lipinski definition) is 3. The number of nitrogens with one attached hydrogen (secondary N) is 1. The van der Waals surface area contributed by atoms with E-state index in [1.54, 1.807) is 0 Å². The molecule has 9 nitrogen and oxygen atoms in total. The number of thiophene rings is 1. The molecule has 0 amide bonds. The fraction of sp³-hybridized carbons (Fsp3) is 0.208. The van der Waals surface area contributed by atoms with Gasteiger partial charge in [0.25, 0.3) is 6.08 Å². The first-order chi connectivity index (χ1) is 18.5. The third kappa shape index (κ3) is 6.43. The molecular weight excluding hydrogens is 551 g/mol. The summed E-state index contributed by atoms with van der Waals surface area (Å²) in [6, 6.07) is 13.9. The minimum atomic E-state index is -5.08. The fourth-order valence-electron chi connectivity index (χ4n) is 3.63. The molecular formula is C24H19F5N4O5S. The lowest BCUT2D eigenvalue weighted by Crippen LogP contribution is -2.21. The highest BCUT2D eigenvalue weighted by atomic mass is 32.1. The number of benzene rings is 2. The maximum Gasteiger partial charge on any atom is 0.490 e. The van der Waals surface area contributed by atoms with Gasteiger partial charge in [0.05, 0.1) is 6.54 Å². The average molecular weight is 570 g/mol. The maximum atomic E-state index is 13.0. The fourth-order valence-corrected chi connectivity index (χ4v) is 4.72. The summed E-state index contributed by atoms with van der Waals surface area (Å²) in [6.45, 7) is 0.159. The van der Waals surface area contributed by atoms with Gasteiger partial charge in [0, 0.05) is 28.1 Å². The third-order valence-corrected chi connectivity index (χ3v) is 6.64. The van der Waals surface area contributed by atoms with Gasteiger partial charge in [0.2, 0.25) is 6.79 Å². The molecule has 2 aromatic carbocycles. The van der Waals surface area contributed by atoms with Crippen LogP contribution in [0.4, 0.5) is 22.0 Å². The van der Waals surface area contributed by atoms with E-state index < -0.39 is 23.9 Å². The molecule has 15 heteroatoms. The van der Waals surface area contributed by atoms with E-state index in [0.717, 1.165) is 37.6 Å². The van der Waals surface area contributed by atoms with E-state index in [-0.39, 0.29) is 37.7 Å². The Labute approximate surface area is 219 Å². The number of carbonyl (C=O) groups is 1. The number of carboxylic acids is 1. The molecule has 0 aliphatic carbocycles. The highest BCUT2D eigenvalue weighted by Gasteiger charge is 2.38. The maximum absolute atomic E-state index is 13.0. The molecule has 0 saturated heterocycles. The van der Waals surface area contributed by atoms with Gasteiger partial charge in [-0.2, -0.15) is 27.1 Å². The van der Waals surface area contributed by atoms with E-state index in [9.17, 15) is 26.7 Å². The van der Waals surface area contributed by atoms with Gasteiger partial charge in [-0.25, -0.2) is 14.7 Å². The van der Waals surface area contributed by atoms with Crippen LogP contribution >= 0.6 is 11.3 Å². The minimum absolute atomic E-state index is 0.184. The van der Waals surface area contributed by atoms with E-state index in [2.05, 4.69) is 16.3 Å². The number of aliphatic carboxylic acids is 1. The highest BCUT2D eigenvalue weighted by molar-refractivity contribution is 7.19. The van der Waals surface area contributed by atoms with Gasteiger partial charge < -0.3 is 20.3 Å². The molecule has 0 fully saturated rings. The number of rotatable bonds is 6. The predicted octanol–water partition coefficient (Wildman–Crippen LogP) is 4.52. The van der Waals surface area contributed by atoms with Crippen molar-refractivity contribution >= 4 is 27.4 Å². The highest BCUT2D eigenvalue weighted by Crippen LogP contribution is 2.37. The molecule has 0 bridgehead atoms. The predicted molar refractivity (Wildman–Crippen MR) is 131 cm³/mol. The molecule has 0 unspecified atom stereocenters. The number of fused-ring (bicyclic) bond motifs is 2. The van der Waals surface area contributed by atoms with Crippen LogP contribution in [0, 0.1) is 0 Å². The summed E-state index contributed by atoms with van der Waals surface area (Å²) < 4.78 is 71.0. The lowest BCUT2D eigenvalue weighted by atomic mass is 10.0. The van der Waals surface area contributed by atoms with E-state index in [4.69, 9.17) is 25.1 Å². The van der Waals surface area contributed by atoms with Crippen molar-refractivity contribution in [2.24, 2.45) is 5.73 Å². The van der Waals surface area contributed by atoms with Crippen molar-refractivity contribution in [1.82, 2.24) is 14.8 Å². The number of aromatic nitrogens is 3. The Bertz CT molecular complexity index is 1600. The van der Waals surface area contributed by atoms with Gasteiger partial charge in [-0.1, -0.05) is 18.2 Å². The molecule has 0 spiro atoms. The smallest absolute Gasteiger partial charge is 0.475 e. The van der Waals surface area contributed by atoms with Crippen LogP contribution in [0.3, 0.4) is 0 Å². The van der Waals surface area contributed by atoms with Gasteiger partial charge in [-0.15, -0.1) is 11.3 Å². The zero-order valence-corrected chi connectivity index (χ0v) is 20.5. The van der Waals surface area contributed by atoms with Crippen molar-refractivity contribution in [3.8, 4) is 22.6 Å². The summed E-state index contributed by atoms with van der Waals surface area (Å²) in [5.41, 5.74) is 6.74. The van der Waals surface area contributed by atoms with Crippen molar-refractivity contribution in [2.75, 3.05) is 13.3 Å². The number of alkyl halides is 3. The first kappa shape index (κ1) is 27.8. The van der Waals surface area contributed by atoms with Crippen LogP contribution in [0.5, 0.6) is 11.5 Å². The number of nitrogens with zero attached hydrogens (tertiary/aromatic N) is 2. The van der Waals surface area contributed by atoms with Crippen molar-refractivity contribution in [3.05, 3.63) is 75.3 Å². The Morgan fingerprint density at radius 3 is 2.44 bits per heavy atom. The molecule has 2 aromatic heterocycles. The van der Waals surface area contributed by atoms with Crippen LogP contribution in [0.15, 0.2) is 58.9 Å². The van der Waals surface area contributed by atoms with Gasteiger partial charge in [0.1, 0.15) is 5.82 Å². The molecule has 4 N–H and O–H groups in total. The number of H-pyrrole nitrogens is 1. The monoisotopic (exact) mass is 570 g/mol. The average Bonchev–Trinajstić information content (AvgIpc) is 3.60. The van der Waals surface area contributed by atoms with E-state index >= 15 is 0 Å². The summed E-state index contributed by atoms with van der Waals surface area (Å²) >= 11 is 1.54. The third-order valence-electron chi connectivity index (χ3n) is 5.56. The zero-order valence-electron chi connectivity index (χ0n) is 19.7. The topological polar surface area (TPSA) is 132 Å². The molecule has 1 aliphatic heterocycles. The molecule has 5 rings (SSSR count). The van der Waals surface area contributed by atoms with Crippen LogP contribution in [0.25, 0.3) is 21.2 Å². The molecule has 206 valence electrons. The molecule has 0 saturated carbocycles. The number of carboxylic acid groups (broad SMARTS) is 1. The molecule has 39 heavy (non-hydrogen) atoms. The number of ether oxygens (including phenoxy) is 2. The Morgan fingerprint density at radius 2 is 1.77 bits per heavy atom.